The Morgan fingerprint density at radius 3 is 2.21 bits per heavy atom. The third-order valence-electron chi connectivity index (χ3n) is 2.44. The summed E-state index contributed by atoms with van der Waals surface area (Å²) in [6.07, 6.45) is 5.59. The maximum Gasteiger partial charge on any atom is 0.0562 e. The average Bonchev–Trinajstić information content (AvgIpc) is 2.17. The molecule has 0 fully saturated rings. The van der Waals surface area contributed by atoms with Crippen molar-refractivity contribution in [2.24, 2.45) is 0 Å². The van der Waals surface area contributed by atoms with Crippen LogP contribution in [0.15, 0.2) is 35.5 Å². The summed E-state index contributed by atoms with van der Waals surface area (Å²) in [4.78, 5) is 0. The number of allylic oxidation sites excluding steroid dienone is 5. The minimum atomic E-state index is 0.550. The molecule has 0 rings (SSSR count). The van der Waals surface area contributed by atoms with Crippen molar-refractivity contribution in [3.63, 3.8) is 0 Å². The molecule has 1 heteroatoms. The molecule has 0 saturated carbocycles. The first-order chi connectivity index (χ1) is 6.52. The summed E-state index contributed by atoms with van der Waals surface area (Å²) in [5, 5.41) is 7.64. The van der Waals surface area contributed by atoms with Gasteiger partial charge in [0.2, 0.25) is 0 Å². The van der Waals surface area contributed by atoms with Crippen molar-refractivity contribution >= 4 is 5.71 Å². The molecule has 1 N–H and O–H groups in total. The van der Waals surface area contributed by atoms with Gasteiger partial charge in [0.15, 0.2) is 0 Å². The van der Waals surface area contributed by atoms with Crippen LogP contribution in [0.5, 0.6) is 0 Å². The summed E-state index contributed by atoms with van der Waals surface area (Å²) in [7, 11) is 0. The van der Waals surface area contributed by atoms with Gasteiger partial charge in [0.25, 0.3) is 0 Å². The molecule has 1 nitrogen and oxygen atoms in total. The topological polar surface area (TPSA) is 23.9 Å². The van der Waals surface area contributed by atoms with Crippen LogP contribution >= 0.6 is 0 Å². The fraction of sp³-hybridized carbons (Fsp3) is 0.462. The van der Waals surface area contributed by atoms with E-state index in [2.05, 4.69) is 40.3 Å². The lowest BCUT2D eigenvalue weighted by Gasteiger charge is -2.04. The molecule has 0 amide bonds. The second-order valence-corrected chi connectivity index (χ2v) is 3.69. The van der Waals surface area contributed by atoms with Crippen molar-refractivity contribution in [3.8, 4) is 0 Å². The fourth-order valence-electron chi connectivity index (χ4n) is 1.06. The molecular weight excluding hydrogens is 170 g/mol. The van der Waals surface area contributed by atoms with E-state index in [1.165, 1.54) is 11.1 Å². The highest BCUT2D eigenvalue weighted by Gasteiger charge is 1.98. The van der Waals surface area contributed by atoms with Crippen LogP contribution in [0.1, 0.15) is 40.5 Å². The van der Waals surface area contributed by atoms with E-state index in [1.807, 2.05) is 0 Å². The normalized spacial score (nSPS) is 11.0. The van der Waals surface area contributed by atoms with Crippen LogP contribution in [0.25, 0.3) is 0 Å². The van der Waals surface area contributed by atoms with Crippen LogP contribution in [-0.2, 0) is 0 Å². The Morgan fingerprint density at radius 2 is 1.86 bits per heavy atom. The Bertz CT molecular complexity index is 276. The van der Waals surface area contributed by atoms with Gasteiger partial charge >= 0.3 is 0 Å². The second-order valence-electron chi connectivity index (χ2n) is 3.69. The Morgan fingerprint density at radius 1 is 1.29 bits per heavy atom. The van der Waals surface area contributed by atoms with Crippen LogP contribution in [-0.4, -0.2) is 5.71 Å². The van der Waals surface area contributed by atoms with Gasteiger partial charge in [0.05, 0.1) is 5.71 Å². The molecule has 0 unspecified atom stereocenters. The van der Waals surface area contributed by atoms with Crippen molar-refractivity contribution in [1.29, 1.82) is 5.41 Å². The summed E-state index contributed by atoms with van der Waals surface area (Å²) < 4.78 is 0. The van der Waals surface area contributed by atoms with Gasteiger partial charge in [-0.3, -0.25) is 0 Å². The number of hydrogen-bond acceptors (Lipinski definition) is 1. The first-order valence-corrected chi connectivity index (χ1v) is 5.06. The Kier molecular flexibility index (Phi) is 5.86. The van der Waals surface area contributed by atoms with Crippen molar-refractivity contribution in [3.05, 3.63) is 35.5 Å². The molecule has 78 valence electrons. The van der Waals surface area contributed by atoms with Crippen molar-refractivity contribution in [2.75, 3.05) is 0 Å². The lowest BCUT2D eigenvalue weighted by Crippen LogP contribution is -1.95. The summed E-state index contributed by atoms with van der Waals surface area (Å²) in [5.74, 6) is 0. The first kappa shape index (κ1) is 12.9. The SMILES string of the molecule is C=CC(=N)/C(=C/CC(C)=C(C)C)CC. The minimum Gasteiger partial charge on any atom is -0.301 e. The molecule has 0 aliphatic carbocycles. The van der Waals surface area contributed by atoms with Crippen molar-refractivity contribution in [2.45, 2.75) is 40.5 Å². The smallest absolute Gasteiger partial charge is 0.0562 e. The molecule has 0 saturated heterocycles. The van der Waals surface area contributed by atoms with E-state index in [0.29, 0.717) is 5.71 Å². The number of hydrogen-bond donors (Lipinski definition) is 1. The fourth-order valence-corrected chi connectivity index (χ4v) is 1.06. The van der Waals surface area contributed by atoms with Crippen LogP contribution < -0.4 is 0 Å². The highest BCUT2D eigenvalue weighted by Crippen LogP contribution is 2.12. The van der Waals surface area contributed by atoms with Gasteiger partial charge in [0.1, 0.15) is 0 Å². The maximum atomic E-state index is 7.64. The molecule has 14 heavy (non-hydrogen) atoms. The maximum absolute atomic E-state index is 7.64. The molecule has 0 radical (unpaired) electrons. The molecule has 0 heterocycles. The van der Waals surface area contributed by atoms with E-state index in [4.69, 9.17) is 5.41 Å². The third kappa shape index (κ3) is 4.22. The molecule has 0 atom stereocenters. The average molecular weight is 191 g/mol. The van der Waals surface area contributed by atoms with E-state index >= 15 is 0 Å². The monoisotopic (exact) mass is 191 g/mol. The zero-order valence-electron chi connectivity index (χ0n) is 9.78. The van der Waals surface area contributed by atoms with Gasteiger partial charge in [-0.25, -0.2) is 0 Å². The quantitative estimate of drug-likeness (QED) is 0.495. The van der Waals surface area contributed by atoms with E-state index in [0.717, 1.165) is 18.4 Å². The molecule has 0 aliphatic heterocycles. The lowest BCUT2D eigenvalue weighted by atomic mass is 10.0. The number of rotatable bonds is 5. The largest absolute Gasteiger partial charge is 0.301 e. The summed E-state index contributed by atoms with van der Waals surface area (Å²) >= 11 is 0. The molecule has 0 aromatic carbocycles. The Balaban J connectivity index is 4.56. The molecule has 0 aromatic heterocycles. The van der Waals surface area contributed by atoms with Crippen LogP contribution in [0, 0.1) is 5.41 Å². The van der Waals surface area contributed by atoms with Crippen LogP contribution in [0.4, 0.5) is 0 Å². The molecule has 0 spiro atoms. The van der Waals surface area contributed by atoms with E-state index < -0.39 is 0 Å². The van der Waals surface area contributed by atoms with Gasteiger partial charge < -0.3 is 5.41 Å². The number of nitrogens with one attached hydrogen (secondary N) is 1. The molecular formula is C13H21N. The molecule has 0 bridgehead atoms. The van der Waals surface area contributed by atoms with Gasteiger partial charge in [0, 0.05) is 0 Å². The van der Waals surface area contributed by atoms with Gasteiger partial charge in [-0.15, -0.1) is 0 Å². The highest BCUT2D eigenvalue weighted by molar-refractivity contribution is 6.05. The van der Waals surface area contributed by atoms with E-state index in [1.54, 1.807) is 6.08 Å². The van der Waals surface area contributed by atoms with Crippen LogP contribution in [0.2, 0.25) is 0 Å². The standard InChI is InChI=1S/C13H21N/c1-6-12(13(14)7-2)9-8-11(5)10(3)4/h7,9,14H,2,6,8H2,1,3-5H3/b12-9+,14-13?. The zero-order valence-corrected chi connectivity index (χ0v) is 9.78. The van der Waals surface area contributed by atoms with Crippen LogP contribution in [0.3, 0.4) is 0 Å². The molecule has 0 aliphatic rings. The lowest BCUT2D eigenvalue weighted by molar-refractivity contribution is 1.09. The molecule has 0 aromatic rings. The van der Waals surface area contributed by atoms with Gasteiger partial charge in [-0.1, -0.05) is 30.7 Å². The summed E-state index contributed by atoms with van der Waals surface area (Å²) in [5.41, 5.74) is 4.38. The van der Waals surface area contributed by atoms with E-state index in [-0.39, 0.29) is 0 Å². The van der Waals surface area contributed by atoms with Crippen molar-refractivity contribution in [1.82, 2.24) is 0 Å². The first-order valence-electron chi connectivity index (χ1n) is 5.06. The van der Waals surface area contributed by atoms with Crippen molar-refractivity contribution < 1.29 is 0 Å². The summed E-state index contributed by atoms with van der Waals surface area (Å²) in [6.45, 7) is 12.1. The predicted octanol–water partition coefficient (Wildman–Crippen LogP) is 4.27. The predicted molar refractivity (Wildman–Crippen MR) is 65.0 cm³/mol. The third-order valence-corrected chi connectivity index (χ3v) is 2.44. The van der Waals surface area contributed by atoms with Gasteiger partial charge in [-0.2, -0.15) is 0 Å². The Labute approximate surface area is 87.7 Å². The second kappa shape index (κ2) is 6.36. The van der Waals surface area contributed by atoms with E-state index in [9.17, 15) is 0 Å². The Hall–Kier alpha value is -1.11. The zero-order chi connectivity index (χ0) is 11.1. The van der Waals surface area contributed by atoms with Gasteiger partial charge in [-0.05, 0) is 45.3 Å². The minimum absolute atomic E-state index is 0.550. The highest BCUT2D eigenvalue weighted by atomic mass is 14.4. The summed E-state index contributed by atoms with van der Waals surface area (Å²) in [6, 6.07) is 0.